The summed E-state index contributed by atoms with van der Waals surface area (Å²) in [5, 5.41) is 38.2. The van der Waals surface area contributed by atoms with E-state index < -0.39 is 53.8 Å². The fourth-order valence-corrected chi connectivity index (χ4v) is 4.67. The number of hydrogen-bond acceptors (Lipinski definition) is 17. The van der Waals surface area contributed by atoms with Crippen LogP contribution in [0.1, 0.15) is 36.8 Å². The number of nitro groups is 2. The van der Waals surface area contributed by atoms with Crippen molar-refractivity contribution in [2.24, 2.45) is 17.2 Å². The van der Waals surface area contributed by atoms with Crippen LogP contribution in [0, 0.1) is 31.0 Å². The molecule has 12 N–H and O–H groups in total. The molecule has 0 aliphatic rings. The average molecular weight is 863 g/mol. The highest BCUT2D eigenvalue weighted by Crippen LogP contribution is 2.39. The van der Waals surface area contributed by atoms with Crippen molar-refractivity contribution in [3.63, 3.8) is 0 Å². The molecule has 0 aliphatic carbocycles. The Bertz CT molecular complexity index is 1750. The molecule has 0 fully saturated rings. The van der Waals surface area contributed by atoms with Gasteiger partial charge < -0.3 is 65.6 Å². The summed E-state index contributed by atoms with van der Waals surface area (Å²) < 4.78 is 39.8. The zero-order chi connectivity index (χ0) is 45.5. The summed E-state index contributed by atoms with van der Waals surface area (Å²) in [5.41, 5.74) is 17.8. The number of nitrogens with one attached hydrogen (secondary N) is 3. The van der Waals surface area contributed by atoms with E-state index in [1.807, 2.05) is 30.4 Å². The van der Waals surface area contributed by atoms with Crippen LogP contribution in [0.5, 0.6) is 23.0 Å². The Morgan fingerprint density at radius 1 is 0.780 bits per heavy atom. The van der Waals surface area contributed by atoms with Crippen LogP contribution in [0.4, 0.5) is 5.69 Å². The Morgan fingerprint density at radius 3 is 1.61 bits per heavy atom. The fourth-order valence-electron chi connectivity index (χ4n) is 4.67. The highest BCUT2D eigenvalue weighted by Gasteiger charge is 2.24. The molecule has 0 heterocycles. The average Bonchev–Trinajstić information content (AvgIpc) is 3.17. The second-order valence-corrected chi connectivity index (χ2v) is 12.4. The van der Waals surface area contributed by atoms with Crippen LogP contribution in [0.25, 0.3) is 12.2 Å². The van der Waals surface area contributed by atoms with E-state index in [2.05, 4.69) is 10.1 Å². The number of ether oxygens (including phenoxy) is 6. The quantitative estimate of drug-likeness (QED) is 0.0168. The van der Waals surface area contributed by atoms with Gasteiger partial charge in [0.15, 0.2) is 21.6 Å². The number of esters is 2. The van der Waals surface area contributed by atoms with Gasteiger partial charge in [-0.2, -0.15) is 0 Å². The van der Waals surface area contributed by atoms with E-state index in [0.29, 0.717) is 38.7 Å². The highest BCUT2D eigenvalue weighted by molar-refractivity contribution is 7.45. The maximum atomic E-state index is 12.4. The number of carbonyl (C=O) groups excluding carboxylic acids is 2. The summed E-state index contributed by atoms with van der Waals surface area (Å²) in [7, 11) is 3.94. The number of hydrogen-bond donors (Lipinski definition) is 9. The number of rotatable bonds is 20. The van der Waals surface area contributed by atoms with Crippen LogP contribution in [-0.2, 0) is 23.6 Å². The van der Waals surface area contributed by atoms with E-state index in [1.165, 1.54) is 28.4 Å². The topological polar surface area (TPSA) is 398 Å². The van der Waals surface area contributed by atoms with Gasteiger partial charge in [0, 0.05) is 0 Å². The van der Waals surface area contributed by atoms with Crippen LogP contribution in [-0.4, -0.2) is 126 Å². The normalized spacial score (nSPS) is 11.5. The van der Waals surface area contributed by atoms with Crippen molar-refractivity contribution in [3.8, 4) is 23.0 Å². The van der Waals surface area contributed by atoms with Crippen LogP contribution in [0.3, 0.4) is 0 Å². The van der Waals surface area contributed by atoms with Gasteiger partial charge in [-0.15, -0.1) is 0 Å². The summed E-state index contributed by atoms with van der Waals surface area (Å²) in [6, 6.07) is 7.35. The molecule has 2 rings (SSSR count). The molecule has 0 saturated heterocycles. The largest absolute Gasteiger partial charge is 0.495 e. The zero-order valence-corrected chi connectivity index (χ0v) is 34.0. The number of anilines is 1. The SMILES string of the molecule is COC(=O)C(CCCN(C(=N)N)[N+](=O)[O-])Nc1cc(/C=C\c2cc(OC)c(OC)c(OC)c2)ccc1OC.COC(=O)C(N)CCCN(C(=N)N)[N+](=O)[O-].O=P(O)(O)O. The van der Waals surface area contributed by atoms with Gasteiger partial charge in [-0.05, 0) is 61.1 Å². The molecule has 0 spiro atoms. The van der Waals surface area contributed by atoms with Gasteiger partial charge >= 0.3 is 19.8 Å². The third-order valence-corrected chi connectivity index (χ3v) is 7.40. The second kappa shape index (κ2) is 26.4. The Balaban J connectivity index is 0.00000132. The minimum atomic E-state index is -4.64. The molecule has 0 aromatic heterocycles. The molecule has 0 radical (unpaired) electrons. The number of phosphoric acid groups is 1. The molecular weight excluding hydrogens is 811 g/mol. The van der Waals surface area contributed by atoms with Gasteiger partial charge in [-0.3, -0.25) is 15.6 Å². The molecule has 59 heavy (non-hydrogen) atoms. The molecule has 0 amide bonds. The third-order valence-electron chi connectivity index (χ3n) is 7.40. The molecule has 0 saturated carbocycles. The van der Waals surface area contributed by atoms with Gasteiger partial charge in [0.05, 0.1) is 61.4 Å². The summed E-state index contributed by atoms with van der Waals surface area (Å²) in [6.07, 6.45) is 4.58. The lowest BCUT2D eigenvalue weighted by atomic mass is 10.1. The molecular formula is C32H51N10O16P. The maximum absolute atomic E-state index is 12.4. The van der Waals surface area contributed by atoms with Crippen LogP contribution >= 0.6 is 7.82 Å². The lowest BCUT2D eigenvalue weighted by Crippen LogP contribution is -2.42. The molecule has 0 bridgehead atoms. The number of nitrogens with two attached hydrogens (primary N) is 3. The van der Waals surface area contributed by atoms with Crippen LogP contribution < -0.4 is 41.5 Å². The van der Waals surface area contributed by atoms with Crippen molar-refractivity contribution in [2.75, 3.05) is 61.1 Å². The number of carbonyl (C=O) groups is 2. The summed E-state index contributed by atoms with van der Waals surface area (Å²) in [6.45, 7) is -0.223. The van der Waals surface area contributed by atoms with Crippen molar-refractivity contribution in [1.29, 1.82) is 10.8 Å². The number of benzene rings is 2. The second-order valence-electron chi connectivity index (χ2n) is 11.4. The zero-order valence-electron chi connectivity index (χ0n) is 33.1. The number of nitrogens with zero attached hydrogens (tertiary/aromatic N) is 4. The smallest absolute Gasteiger partial charge is 0.466 e. The van der Waals surface area contributed by atoms with Crippen molar-refractivity contribution >= 4 is 49.5 Å². The predicted octanol–water partition coefficient (Wildman–Crippen LogP) is 0.738. The van der Waals surface area contributed by atoms with E-state index in [0.717, 1.165) is 11.1 Å². The molecule has 27 heteroatoms. The van der Waals surface area contributed by atoms with E-state index in [9.17, 15) is 29.8 Å². The van der Waals surface area contributed by atoms with Crippen molar-refractivity contribution in [3.05, 3.63) is 61.7 Å². The molecule has 2 aromatic carbocycles. The molecule has 26 nitrogen and oxygen atoms in total. The predicted molar refractivity (Wildman–Crippen MR) is 211 cm³/mol. The first-order valence-corrected chi connectivity index (χ1v) is 18.3. The van der Waals surface area contributed by atoms with E-state index in [-0.39, 0.29) is 38.8 Å². The summed E-state index contributed by atoms with van der Waals surface area (Å²) in [5.74, 6) is -0.463. The maximum Gasteiger partial charge on any atom is 0.466 e. The first-order chi connectivity index (χ1) is 27.6. The Kier molecular flexibility index (Phi) is 23.5. The van der Waals surface area contributed by atoms with E-state index in [4.69, 9.17) is 70.9 Å². The number of hydrazine groups is 2. The number of methoxy groups -OCH3 is 6. The Labute approximate surface area is 338 Å². The molecule has 2 atom stereocenters. The third kappa shape index (κ3) is 20.0. The molecule has 0 aliphatic heterocycles. The monoisotopic (exact) mass is 862 g/mol. The number of guanidine groups is 2. The summed E-state index contributed by atoms with van der Waals surface area (Å²) in [4.78, 5) is 66.3. The van der Waals surface area contributed by atoms with Gasteiger partial charge in [-0.25, -0.2) is 29.6 Å². The van der Waals surface area contributed by atoms with Crippen molar-refractivity contribution in [2.45, 2.75) is 37.8 Å². The minimum absolute atomic E-state index is 0.0764. The van der Waals surface area contributed by atoms with E-state index >= 15 is 0 Å². The van der Waals surface area contributed by atoms with Gasteiger partial charge in [0.25, 0.3) is 11.9 Å². The van der Waals surface area contributed by atoms with Crippen LogP contribution in [0.2, 0.25) is 0 Å². The van der Waals surface area contributed by atoms with E-state index in [1.54, 1.807) is 26.4 Å². The van der Waals surface area contributed by atoms with Crippen molar-refractivity contribution < 1.29 is 67.3 Å². The standard InChI is InChI=1S/C25H33N5O8.C7H15N5O4.H3O4P/c1-34-20-11-10-16(8-9-17-14-21(35-2)23(37-4)22(15-17)36-3)13-19(20)28-18(24(31)38-5)7-6-12-29(25(26)27)30(32)33;1-16-6(13)5(8)3-2-4-11(7(9)10)12(14)15;1-5(2,3)4/h8-11,13-15,18,28H,6-7,12H2,1-5H3,(H3,26,27);5H,2-4,8H2,1H3,(H3,9,10);(H3,1,2,3,4)/b9-8-;;. The van der Waals surface area contributed by atoms with Crippen LogP contribution in [0.15, 0.2) is 30.3 Å². The first-order valence-electron chi connectivity index (χ1n) is 16.7. The van der Waals surface area contributed by atoms with Crippen molar-refractivity contribution in [1.82, 2.24) is 10.0 Å². The summed E-state index contributed by atoms with van der Waals surface area (Å²) >= 11 is 0. The Hall–Kier alpha value is -6.47. The molecule has 2 unspecified atom stereocenters. The lowest BCUT2D eigenvalue weighted by molar-refractivity contribution is -0.629. The minimum Gasteiger partial charge on any atom is -0.495 e. The molecule has 330 valence electrons. The fraction of sp³-hybridized carbons (Fsp3) is 0.438. The van der Waals surface area contributed by atoms with Gasteiger partial charge in [0.1, 0.15) is 17.8 Å². The van der Waals surface area contributed by atoms with Gasteiger partial charge in [-0.1, -0.05) is 28.2 Å². The lowest BCUT2D eigenvalue weighted by Gasteiger charge is -2.20. The first kappa shape index (κ1) is 52.5. The molecule has 2 aromatic rings. The Morgan fingerprint density at radius 2 is 1.22 bits per heavy atom. The highest BCUT2D eigenvalue weighted by atomic mass is 31.2. The van der Waals surface area contributed by atoms with Gasteiger partial charge in [0.2, 0.25) is 5.75 Å².